The quantitative estimate of drug-likeness (QED) is 0.245. The van der Waals surface area contributed by atoms with Crippen LogP contribution in [0.3, 0.4) is 0 Å². The maximum absolute atomic E-state index is 13.8. The molecule has 0 saturated carbocycles. The molecule has 2 atom stereocenters. The topological polar surface area (TPSA) is 12.5 Å². The van der Waals surface area contributed by atoms with Crippen LogP contribution in [0.2, 0.25) is 0 Å². The highest BCUT2D eigenvalue weighted by Gasteiger charge is 2.32. The fourth-order valence-electron chi connectivity index (χ4n) is 6.08. The minimum Gasteiger partial charge on any atom is -0.489 e. The van der Waals surface area contributed by atoms with Gasteiger partial charge in [0.15, 0.2) is 0 Å². The minimum atomic E-state index is -0.185. The number of nitrogens with zero attached hydrogens (tertiary/aromatic N) is 1. The third kappa shape index (κ3) is 5.24. The molecule has 6 rings (SSSR count). The van der Waals surface area contributed by atoms with Gasteiger partial charge in [-0.25, -0.2) is 4.39 Å². The molecule has 4 aromatic rings. The molecular weight excluding hydrogens is 469 g/mol. The number of benzene rings is 4. The highest BCUT2D eigenvalue weighted by molar-refractivity contribution is 5.53. The molecule has 0 aromatic heterocycles. The first-order valence-corrected chi connectivity index (χ1v) is 13.7. The van der Waals surface area contributed by atoms with Crippen molar-refractivity contribution < 1.29 is 9.13 Å². The smallest absolute Gasteiger partial charge is 0.123 e. The lowest BCUT2D eigenvalue weighted by Crippen LogP contribution is -2.30. The van der Waals surface area contributed by atoms with Gasteiger partial charge in [-0.05, 0) is 95.8 Å². The maximum atomic E-state index is 13.8. The van der Waals surface area contributed by atoms with Crippen LogP contribution in [0, 0.1) is 5.82 Å². The highest BCUT2D eigenvalue weighted by atomic mass is 19.1. The fraction of sp³-hybridized carbons (Fsp3) is 0.257. The van der Waals surface area contributed by atoms with E-state index in [0.29, 0.717) is 12.5 Å². The Morgan fingerprint density at radius 2 is 1.50 bits per heavy atom. The lowest BCUT2D eigenvalue weighted by Gasteiger charge is -2.35. The Morgan fingerprint density at radius 1 is 0.789 bits per heavy atom. The largest absolute Gasteiger partial charge is 0.489 e. The first-order valence-electron chi connectivity index (χ1n) is 13.7. The Bertz CT molecular complexity index is 1380. The van der Waals surface area contributed by atoms with Gasteiger partial charge >= 0.3 is 0 Å². The van der Waals surface area contributed by atoms with E-state index in [9.17, 15) is 4.39 Å². The van der Waals surface area contributed by atoms with Crippen LogP contribution in [0.15, 0.2) is 109 Å². The Balaban J connectivity index is 1.30. The molecule has 3 heteroatoms. The number of hydrogen-bond donors (Lipinski definition) is 0. The third-order valence-corrected chi connectivity index (χ3v) is 8.21. The summed E-state index contributed by atoms with van der Waals surface area (Å²) in [7, 11) is 0. The molecule has 2 nitrogen and oxygen atoms in total. The van der Waals surface area contributed by atoms with Crippen LogP contribution in [0.1, 0.15) is 58.9 Å². The molecule has 2 aliphatic rings. The summed E-state index contributed by atoms with van der Waals surface area (Å²) in [5.74, 6) is 1.23. The number of fused-ring (bicyclic) bond motifs is 1. The molecule has 0 N–H and O–H groups in total. The fourth-order valence-corrected chi connectivity index (χ4v) is 6.08. The first kappa shape index (κ1) is 24.5. The zero-order chi connectivity index (χ0) is 25.9. The van der Waals surface area contributed by atoms with Crippen LogP contribution in [0.5, 0.6) is 5.75 Å². The first-order chi connectivity index (χ1) is 18.6. The van der Waals surface area contributed by atoms with E-state index in [1.54, 1.807) is 12.1 Å². The van der Waals surface area contributed by atoms with Gasteiger partial charge in [0.1, 0.15) is 18.2 Å². The molecule has 0 amide bonds. The summed E-state index contributed by atoms with van der Waals surface area (Å²) < 4.78 is 19.9. The van der Waals surface area contributed by atoms with Crippen LogP contribution in [0.25, 0.3) is 0 Å². The zero-order valence-corrected chi connectivity index (χ0v) is 21.8. The van der Waals surface area contributed by atoms with Crippen molar-refractivity contribution in [2.24, 2.45) is 0 Å². The second kappa shape index (κ2) is 10.9. The van der Waals surface area contributed by atoms with Crippen LogP contribution < -0.4 is 9.64 Å². The van der Waals surface area contributed by atoms with E-state index in [1.165, 1.54) is 33.5 Å². The number of ether oxygens (including phenoxy) is 1. The summed E-state index contributed by atoms with van der Waals surface area (Å²) in [6.45, 7) is 6.79. The summed E-state index contributed by atoms with van der Waals surface area (Å²) in [4.78, 5) is 2.46. The van der Waals surface area contributed by atoms with E-state index in [-0.39, 0.29) is 11.7 Å². The highest BCUT2D eigenvalue weighted by Crippen LogP contribution is 2.47. The van der Waals surface area contributed by atoms with Crippen molar-refractivity contribution in [3.05, 3.63) is 143 Å². The van der Waals surface area contributed by atoms with Gasteiger partial charge < -0.3 is 9.64 Å². The molecule has 1 aliphatic heterocycles. The normalized spacial score (nSPS) is 19.2. The van der Waals surface area contributed by atoms with Crippen molar-refractivity contribution in [1.82, 2.24) is 0 Å². The van der Waals surface area contributed by atoms with Gasteiger partial charge in [-0.2, -0.15) is 0 Å². The minimum absolute atomic E-state index is 0.185. The van der Waals surface area contributed by atoms with Gasteiger partial charge in [0.25, 0.3) is 0 Å². The number of anilines is 1. The molecule has 1 fully saturated rings. The third-order valence-electron chi connectivity index (χ3n) is 8.21. The number of rotatable bonds is 6. The van der Waals surface area contributed by atoms with Crippen molar-refractivity contribution in [3.63, 3.8) is 0 Å². The van der Waals surface area contributed by atoms with Gasteiger partial charge in [-0.3, -0.25) is 0 Å². The van der Waals surface area contributed by atoms with Crippen molar-refractivity contribution >= 4 is 5.69 Å². The van der Waals surface area contributed by atoms with Crippen LogP contribution in [-0.4, -0.2) is 13.1 Å². The molecule has 1 unspecified atom stereocenters. The molecule has 0 radical (unpaired) electrons. The van der Waals surface area contributed by atoms with Crippen molar-refractivity contribution in [3.8, 4) is 5.75 Å². The van der Waals surface area contributed by atoms with E-state index in [2.05, 4.69) is 66.1 Å². The van der Waals surface area contributed by atoms with E-state index < -0.39 is 0 Å². The van der Waals surface area contributed by atoms with Gasteiger partial charge in [-0.15, -0.1) is 0 Å². The number of halogens is 1. The number of aryl methyl sites for hydroxylation is 1. The number of hydrogen-bond acceptors (Lipinski definition) is 2. The zero-order valence-electron chi connectivity index (χ0n) is 21.8. The molecule has 0 spiro atoms. The molecule has 0 bridgehead atoms. The standard InChI is InChI=1S/C35H34FNO/c1-25-19-21-37(22-20-25)31-14-9-28(10-15-31)35-33(27-7-12-30(36)13-8-27)17-11-29-23-32(16-18-34(29)35)38-24-26-5-3-2-4-6-26/h2-10,12-16,18,23,33,35H,1,11,17,19-22,24H2/t33-,35?/m1/s1. The monoisotopic (exact) mass is 503 g/mol. The van der Waals surface area contributed by atoms with Crippen molar-refractivity contribution in [1.29, 1.82) is 0 Å². The van der Waals surface area contributed by atoms with Gasteiger partial charge in [0.2, 0.25) is 0 Å². The number of piperidine rings is 1. The summed E-state index contributed by atoms with van der Waals surface area (Å²) in [6.07, 6.45) is 4.13. The van der Waals surface area contributed by atoms with Crippen molar-refractivity contribution in [2.75, 3.05) is 18.0 Å². The Kier molecular flexibility index (Phi) is 7.00. The molecule has 1 saturated heterocycles. The van der Waals surface area contributed by atoms with E-state index in [0.717, 1.165) is 50.1 Å². The molecule has 192 valence electrons. The molecule has 4 aromatic carbocycles. The molecule has 1 aliphatic carbocycles. The SMILES string of the molecule is C=C1CCN(c2ccc(C3c4ccc(OCc5ccccc5)cc4CC[C@@H]3c3ccc(F)cc3)cc2)CC1. The molecule has 1 heterocycles. The lowest BCUT2D eigenvalue weighted by atomic mass is 9.69. The van der Waals surface area contributed by atoms with E-state index in [4.69, 9.17) is 4.74 Å². The average Bonchev–Trinajstić information content (AvgIpc) is 2.97. The van der Waals surface area contributed by atoms with Crippen LogP contribution in [-0.2, 0) is 13.0 Å². The molecular formula is C35H34FNO. The summed E-state index contributed by atoms with van der Waals surface area (Å²) in [6, 6.07) is 33.1. The van der Waals surface area contributed by atoms with Gasteiger partial charge in [0.05, 0.1) is 0 Å². The maximum Gasteiger partial charge on any atom is 0.123 e. The summed E-state index contributed by atoms with van der Waals surface area (Å²) >= 11 is 0. The Morgan fingerprint density at radius 3 is 2.24 bits per heavy atom. The van der Waals surface area contributed by atoms with Crippen LogP contribution >= 0.6 is 0 Å². The summed E-state index contributed by atoms with van der Waals surface area (Å²) in [5, 5.41) is 0. The predicted molar refractivity (Wildman–Crippen MR) is 154 cm³/mol. The van der Waals surface area contributed by atoms with Gasteiger partial charge in [-0.1, -0.05) is 72.8 Å². The van der Waals surface area contributed by atoms with Crippen molar-refractivity contribution in [2.45, 2.75) is 44.1 Å². The van der Waals surface area contributed by atoms with Gasteiger partial charge in [0, 0.05) is 24.7 Å². The van der Waals surface area contributed by atoms with Crippen LogP contribution in [0.4, 0.5) is 10.1 Å². The average molecular weight is 504 g/mol. The second-order valence-corrected chi connectivity index (χ2v) is 10.6. The summed E-state index contributed by atoms with van der Waals surface area (Å²) in [5.41, 5.74) is 8.99. The predicted octanol–water partition coefficient (Wildman–Crippen LogP) is 8.42. The van der Waals surface area contributed by atoms with E-state index >= 15 is 0 Å². The lowest BCUT2D eigenvalue weighted by molar-refractivity contribution is 0.305. The van der Waals surface area contributed by atoms with E-state index in [1.807, 2.05) is 30.3 Å². The molecule has 38 heavy (non-hydrogen) atoms. The Labute approximate surface area is 225 Å². The second-order valence-electron chi connectivity index (χ2n) is 10.6. The Hall–Kier alpha value is -3.85.